The molecular formula is C9H17ClF2N2. The molecule has 1 saturated heterocycles. The summed E-state index contributed by atoms with van der Waals surface area (Å²) in [6, 6.07) is 0.665. The Morgan fingerprint density at radius 2 is 1.93 bits per heavy atom. The number of nitrogens with two attached hydrogens (primary N) is 1. The molecule has 1 saturated carbocycles. The van der Waals surface area contributed by atoms with Crippen LogP contribution in [0.3, 0.4) is 0 Å². The second-order valence-electron chi connectivity index (χ2n) is 4.26. The summed E-state index contributed by atoms with van der Waals surface area (Å²) in [5, 5.41) is 0. The fraction of sp³-hybridized carbons (Fsp3) is 1.00. The molecule has 2 fully saturated rings. The third kappa shape index (κ3) is 2.35. The summed E-state index contributed by atoms with van der Waals surface area (Å²) in [4.78, 5) is 2.27. The Labute approximate surface area is 89.2 Å². The van der Waals surface area contributed by atoms with Crippen molar-refractivity contribution >= 4 is 12.4 Å². The average Bonchev–Trinajstić information content (AvgIpc) is 2.31. The van der Waals surface area contributed by atoms with Crippen LogP contribution in [0.25, 0.3) is 0 Å². The number of likely N-dealkylation sites (tertiary alicyclic amines) is 1. The van der Waals surface area contributed by atoms with E-state index in [1.807, 2.05) is 0 Å². The predicted octanol–water partition coefficient (Wildman–Crippen LogP) is 1.48. The Hall–Kier alpha value is 0.0700. The molecular weight excluding hydrogens is 210 g/mol. The molecule has 0 bridgehead atoms. The van der Waals surface area contributed by atoms with Crippen molar-refractivity contribution in [3.63, 3.8) is 0 Å². The van der Waals surface area contributed by atoms with Crippen molar-refractivity contribution in [3.8, 4) is 0 Å². The highest BCUT2D eigenvalue weighted by molar-refractivity contribution is 5.85. The van der Waals surface area contributed by atoms with Crippen molar-refractivity contribution in [2.45, 2.75) is 37.8 Å². The first kappa shape index (κ1) is 12.1. The summed E-state index contributed by atoms with van der Waals surface area (Å²) < 4.78 is 24.3. The quantitative estimate of drug-likeness (QED) is 0.773. The van der Waals surface area contributed by atoms with Gasteiger partial charge in [-0.15, -0.1) is 12.4 Å². The number of halogens is 3. The molecule has 14 heavy (non-hydrogen) atoms. The lowest BCUT2D eigenvalue weighted by molar-refractivity contribution is -0.0164. The summed E-state index contributed by atoms with van der Waals surface area (Å²) in [6.45, 7) is 1.91. The monoisotopic (exact) mass is 226 g/mol. The second kappa shape index (κ2) is 4.73. The van der Waals surface area contributed by atoms with Gasteiger partial charge in [0.05, 0.1) is 0 Å². The van der Waals surface area contributed by atoms with Gasteiger partial charge in [0.25, 0.3) is 0 Å². The first-order chi connectivity index (χ1) is 6.16. The van der Waals surface area contributed by atoms with Crippen molar-refractivity contribution in [2.24, 2.45) is 11.7 Å². The van der Waals surface area contributed by atoms with Gasteiger partial charge in [0, 0.05) is 31.1 Å². The molecule has 0 amide bonds. The zero-order chi connectivity index (χ0) is 9.42. The van der Waals surface area contributed by atoms with Crippen LogP contribution in [0.2, 0.25) is 0 Å². The van der Waals surface area contributed by atoms with Crippen molar-refractivity contribution in [1.29, 1.82) is 0 Å². The number of rotatable bonds is 2. The van der Waals surface area contributed by atoms with Gasteiger partial charge >= 0.3 is 0 Å². The minimum absolute atomic E-state index is 0. The topological polar surface area (TPSA) is 29.3 Å². The summed E-state index contributed by atoms with van der Waals surface area (Å²) in [7, 11) is 0. The van der Waals surface area contributed by atoms with Crippen LogP contribution < -0.4 is 5.73 Å². The SMILES string of the molecule is Cl.NC1CCN(C2CC(C(F)F)C2)C1. The number of hydrogen-bond donors (Lipinski definition) is 1. The van der Waals surface area contributed by atoms with E-state index in [1.165, 1.54) is 0 Å². The first-order valence-electron chi connectivity index (χ1n) is 4.94. The van der Waals surface area contributed by atoms with E-state index in [1.54, 1.807) is 0 Å². The molecule has 5 heteroatoms. The zero-order valence-corrected chi connectivity index (χ0v) is 8.85. The lowest BCUT2D eigenvalue weighted by atomic mass is 9.80. The van der Waals surface area contributed by atoms with Crippen molar-refractivity contribution < 1.29 is 8.78 Å². The van der Waals surface area contributed by atoms with E-state index in [0.29, 0.717) is 18.9 Å². The van der Waals surface area contributed by atoms with Gasteiger partial charge in [-0.25, -0.2) is 8.78 Å². The summed E-state index contributed by atoms with van der Waals surface area (Å²) in [5.74, 6) is -0.346. The highest BCUT2D eigenvalue weighted by atomic mass is 35.5. The molecule has 2 N–H and O–H groups in total. The van der Waals surface area contributed by atoms with Crippen LogP contribution in [0.5, 0.6) is 0 Å². The van der Waals surface area contributed by atoms with Gasteiger partial charge in [0.15, 0.2) is 0 Å². The normalized spacial score (nSPS) is 38.1. The predicted molar refractivity (Wildman–Crippen MR) is 53.9 cm³/mol. The van der Waals surface area contributed by atoms with Gasteiger partial charge in [0.1, 0.15) is 0 Å². The molecule has 0 aromatic carbocycles. The van der Waals surface area contributed by atoms with Gasteiger partial charge in [-0.2, -0.15) is 0 Å². The maximum Gasteiger partial charge on any atom is 0.241 e. The van der Waals surface area contributed by atoms with Gasteiger partial charge < -0.3 is 5.73 Å². The molecule has 1 aliphatic carbocycles. The van der Waals surface area contributed by atoms with Crippen LogP contribution >= 0.6 is 12.4 Å². The molecule has 2 nitrogen and oxygen atoms in total. The first-order valence-corrected chi connectivity index (χ1v) is 4.94. The van der Waals surface area contributed by atoms with Gasteiger partial charge in [-0.05, 0) is 19.3 Å². The van der Waals surface area contributed by atoms with Crippen LogP contribution in [0.4, 0.5) is 8.78 Å². The molecule has 1 heterocycles. The number of nitrogens with zero attached hydrogens (tertiary/aromatic N) is 1. The lowest BCUT2D eigenvalue weighted by Crippen LogP contribution is -2.46. The molecule has 0 aromatic heterocycles. The molecule has 0 radical (unpaired) electrons. The Kier molecular flexibility index (Phi) is 4.10. The highest BCUT2D eigenvalue weighted by Gasteiger charge is 2.40. The van der Waals surface area contributed by atoms with Crippen LogP contribution in [-0.4, -0.2) is 36.5 Å². The van der Waals surface area contributed by atoms with Crippen LogP contribution in [0.15, 0.2) is 0 Å². The van der Waals surface area contributed by atoms with E-state index >= 15 is 0 Å². The Bertz CT molecular complexity index is 186. The molecule has 1 atom stereocenters. The van der Waals surface area contributed by atoms with Crippen molar-refractivity contribution in [3.05, 3.63) is 0 Å². The molecule has 2 rings (SSSR count). The molecule has 2 aliphatic rings. The molecule has 1 aliphatic heterocycles. The Morgan fingerprint density at radius 1 is 1.29 bits per heavy atom. The van der Waals surface area contributed by atoms with Crippen LogP contribution in [-0.2, 0) is 0 Å². The number of alkyl halides is 2. The van der Waals surface area contributed by atoms with Gasteiger partial charge in [-0.1, -0.05) is 0 Å². The third-order valence-electron chi connectivity index (χ3n) is 3.28. The van der Waals surface area contributed by atoms with Crippen molar-refractivity contribution in [1.82, 2.24) is 4.90 Å². The van der Waals surface area contributed by atoms with E-state index in [-0.39, 0.29) is 24.4 Å². The fourth-order valence-corrected chi connectivity index (χ4v) is 2.28. The maximum atomic E-state index is 12.2. The zero-order valence-electron chi connectivity index (χ0n) is 8.03. The standard InChI is InChI=1S/C9H16F2N2.ClH/c10-9(11)6-3-8(4-6)13-2-1-7(12)5-13;/h6-9H,1-5,12H2;1H. The lowest BCUT2D eigenvalue weighted by Gasteiger charge is -2.40. The van der Waals surface area contributed by atoms with Crippen molar-refractivity contribution in [2.75, 3.05) is 13.1 Å². The van der Waals surface area contributed by atoms with E-state index in [0.717, 1.165) is 19.5 Å². The van der Waals surface area contributed by atoms with E-state index in [9.17, 15) is 8.78 Å². The van der Waals surface area contributed by atoms with E-state index < -0.39 is 6.43 Å². The van der Waals surface area contributed by atoms with E-state index in [4.69, 9.17) is 5.73 Å². The van der Waals surface area contributed by atoms with Crippen LogP contribution in [0, 0.1) is 5.92 Å². The molecule has 84 valence electrons. The Balaban J connectivity index is 0.000000980. The summed E-state index contributed by atoms with van der Waals surface area (Å²) in [6.07, 6.45) is 0.248. The molecule has 0 aromatic rings. The average molecular weight is 227 g/mol. The third-order valence-corrected chi connectivity index (χ3v) is 3.28. The molecule has 1 unspecified atom stereocenters. The highest BCUT2D eigenvalue weighted by Crippen LogP contribution is 2.37. The maximum absolute atomic E-state index is 12.2. The molecule has 0 spiro atoms. The number of hydrogen-bond acceptors (Lipinski definition) is 2. The van der Waals surface area contributed by atoms with Crippen LogP contribution in [0.1, 0.15) is 19.3 Å². The second-order valence-corrected chi connectivity index (χ2v) is 4.26. The van der Waals surface area contributed by atoms with Gasteiger partial charge in [0.2, 0.25) is 6.43 Å². The summed E-state index contributed by atoms with van der Waals surface area (Å²) in [5.41, 5.74) is 5.75. The Morgan fingerprint density at radius 3 is 2.36 bits per heavy atom. The summed E-state index contributed by atoms with van der Waals surface area (Å²) >= 11 is 0. The van der Waals surface area contributed by atoms with E-state index in [2.05, 4.69) is 4.90 Å². The minimum atomic E-state index is -2.12. The fourth-order valence-electron chi connectivity index (χ4n) is 2.28. The smallest absolute Gasteiger partial charge is 0.241 e. The minimum Gasteiger partial charge on any atom is -0.326 e. The largest absolute Gasteiger partial charge is 0.326 e. The van der Waals surface area contributed by atoms with Gasteiger partial charge in [-0.3, -0.25) is 4.90 Å².